The van der Waals surface area contributed by atoms with E-state index in [1.165, 1.54) is 38.8 Å². The van der Waals surface area contributed by atoms with Crippen LogP contribution in [-0.2, 0) is 4.79 Å². The van der Waals surface area contributed by atoms with E-state index in [-0.39, 0.29) is 0 Å². The standard InChI is InChI=1S/C16H30N4O/c21-16(20-9-6-17-7-10-20)5-8-18-11-13-19(14-12-18)15-3-1-2-4-15/h15,17H,1-14H2. The van der Waals surface area contributed by atoms with Crippen molar-refractivity contribution in [3.05, 3.63) is 0 Å². The second-order valence-electron chi connectivity index (χ2n) is 6.70. The summed E-state index contributed by atoms with van der Waals surface area (Å²) >= 11 is 0. The van der Waals surface area contributed by atoms with Crippen LogP contribution in [0.2, 0.25) is 0 Å². The molecule has 5 heteroatoms. The second-order valence-corrected chi connectivity index (χ2v) is 6.70. The topological polar surface area (TPSA) is 38.8 Å². The van der Waals surface area contributed by atoms with E-state index in [4.69, 9.17) is 0 Å². The van der Waals surface area contributed by atoms with Crippen molar-refractivity contribution in [1.29, 1.82) is 0 Å². The third-order valence-corrected chi connectivity index (χ3v) is 5.36. The minimum atomic E-state index is 0.342. The van der Waals surface area contributed by atoms with Crippen LogP contribution in [0, 0.1) is 0 Å². The monoisotopic (exact) mass is 294 g/mol. The molecule has 3 fully saturated rings. The number of hydrogen-bond acceptors (Lipinski definition) is 4. The zero-order valence-corrected chi connectivity index (χ0v) is 13.2. The molecule has 0 unspecified atom stereocenters. The predicted molar refractivity (Wildman–Crippen MR) is 84.3 cm³/mol. The Hall–Kier alpha value is -0.650. The fourth-order valence-electron chi connectivity index (χ4n) is 3.95. The Morgan fingerprint density at radius 1 is 0.952 bits per heavy atom. The third-order valence-electron chi connectivity index (χ3n) is 5.36. The first-order valence-corrected chi connectivity index (χ1v) is 8.78. The Morgan fingerprint density at radius 2 is 1.62 bits per heavy atom. The number of nitrogens with one attached hydrogen (secondary N) is 1. The highest BCUT2D eigenvalue weighted by atomic mass is 16.2. The number of rotatable bonds is 4. The lowest BCUT2D eigenvalue weighted by Gasteiger charge is -2.38. The molecule has 2 heterocycles. The third kappa shape index (κ3) is 4.18. The van der Waals surface area contributed by atoms with Crippen LogP contribution in [-0.4, -0.2) is 85.6 Å². The molecular weight excluding hydrogens is 264 g/mol. The van der Waals surface area contributed by atoms with E-state index in [9.17, 15) is 4.79 Å². The largest absolute Gasteiger partial charge is 0.340 e. The Morgan fingerprint density at radius 3 is 2.29 bits per heavy atom. The van der Waals surface area contributed by atoms with Gasteiger partial charge in [-0.15, -0.1) is 0 Å². The highest BCUT2D eigenvalue weighted by Crippen LogP contribution is 2.24. The van der Waals surface area contributed by atoms with Crippen LogP contribution in [0.1, 0.15) is 32.1 Å². The van der Waals surface area contributed by atoms with Gasteiger partial charge in [-0.1, -0.05) is 12.8 Å². The van der Waals surface area contributed by atoms with Crippen molar-refractivity contribution in [3.8, 4) is 0 Å². The lowest BCUT2D eigenvalue weighted by molar-refractivity contribution is -0.132. The Labute approximate surface area is 128 Å². The van der Waals surface area contributed by atoms with E-state index in [0.717, 1.165) is 51.9 Å². The normalized spacial score (nSPS) is 26.4. The molecule has 0 aromatic carbocycles. The average molecular weight is 294 g/mol. The summed E-state index contributed by atoms with van der Waals surface area (Å²) in [6.07, 6.45) is 6.35. The summed E-state index contributed by atoms with van der Waals surface area (Å²) in [7, 11) is 0. The van der Waals surface area contributed by atoms with Gasteiger partial charge in [0.25, 0.3) is 0 Å². The van der Waals surface area contributed by atoms with Crippen LogP contribution in [0.3, 0.4) is 0 Å². The summed E-state index contributed by atoms with van der Waals surface area (Å²) in [4.78, 5) is 19.4. The van der Waals surface area contributed by atoms with Crippen molar-refractivity contribution in [2.45, 2.75) is 38.1 Å². The predicted octanol–water partition coefficient (Wildman–Crippen LogP) is 0.369. The molecular formula is C16H30N4O. The number of carbonyl (C=O) groups is 1. The number of amides is 1. The zero-order chi connectivity index (χ0) is 14.5. The first-order chi connectivity index (χ1) is 10.3. The van der Waals surface area contributed by atoms with E-state index >= 15 is 0 Å². The van der Waals surface area contributed by atoms with Gasteiger partial charge in [-0.25, -0.2) is 0 Å². The van der Waals surface area contributed by atoms with Gasteiger partial charge in [-0.2, -0.15) is 0 Å². The highest BCUT2D eigenvalue weighted by molar-refractivity contribution is 5.76. The van der Waals surface area contributed by atoms with Crippen molar-refractivity contribution in [2.75, 3.05) is 58.9 Å². The van der Waals surface area contributed by atoms with E-state index in [1.54, 1.807) is 0 Å². The first kappa shape index (κ1) is 15.3. The smallest absolute Gasteiger partial charge is 0.223 e. The average Bonchev–Trinajstić information content (AvgIpc) is 3.08. The van der Waals surface area contributed by atoms with Crippen molar-refractivity contribution < 1.29 is 4.79 Å². The van der Waals surface area contributed by atoms with Gasteiger partial charge >= 0.3 is 0 Å². The molecule has 1 amide bonds. The van der Waals surface area contributed by atoms with E-state index in [2.05, 4.69) is 15.1 Å². The fraction of sp³-hybridized carbons (Fsp3) is 0.938. The summed E-state index contributed by atoms with van der Waals surface area (Å²) in [6.45, 7) is 9.30. The molecule has 120 valence electrons. The maximum Gasteiger partial charge on any atom is 0.223 e. The molecule has 21 heavy (non-hydrogen) atoms. The molecule has 0 aromatic heterocycles. The van der Waals surface area contributed by atoms with Gasteiger partial charge in [-0.05, 0) is 12.8 Å². The Balaban J connectivity index is 1.34. The van der Waals surface area contributed by atoms with Crippen molar-refractivity contribution in [1.82, 2.24) is 20.0 Å². The lowest BCUT2D eigenvalue weighted by Crippen LogP contribution is -2.51. The lowest BCUT2D eigenvalue weighted by atomic mass is 10.1. The molecule has 3 rings (SSSR count). The fourth-order valence-corrected chi connectivity index (χ4v) is 3.95. The Kier molecular flexibility index (Phi) is 5.49. The number of carbonyl (C=O) groups excluding carboxylic acids is 1. The molecule has 0 aromatic rings. The molecule has 1 N–H and O–H groups in total. The van der Waals surface area contributed by atoms with E-state index < -0.39 is 0 Å². The van der Waals surface area contributed by atoms with E-state index in [0.29, 0.717) is 12.3 Å². The molecule has 0 radical (unpaired) electrons. The summed E-state index contributed by atoms with van der Waals surface area (Å²) in [5.41, 5.74) is 0. The maximum absolute atomic E-state index is 12.2. The summed E-state index contributed by atoms with van der Waals surface area (Å²) in [6, 6.07) is 0.856. The summed E-state index contributed by atoms with van der Waals surface area (Å²) in [5, 5.41) is 3.30. The number of nitrogens with zero attached hydrogens (tertiary/aromatic N) is 3. The first-order valence-electron chi connectivity index (χ1n) is 8.78. The SMILES string of the molecule is O=C(CCN1CCN(C2CCCC2)CC1)N1CCNCC1. The van der Waals surface area contributed by atoms with Crippen molar-refractivity contribution in [2.24, 2.45) is 0 Å². The maximum atomic E-state index is 12.2. The highest BCUT2D eigenvalue weighted by Gasteiger charge is 2.26. The van der Waals surface area contributed by atoms with Crippen LogP contribution >= 0.6 is 0 Å². The summed E-state index contributed by atoms with van der Waals surface area (Å²) < 4.78 is 0. The quantitative estimate of drug-likeness (QED) is 0.813. The van der Waals surface area contributed by atoms with Crippen LogP contribution in [0.15, 0.2) is 0 Å². The minimum Gasteiger partial charge on any atom is -0.340 e. The van der Waals surface area contributed by atoms with Crippen molar-refractivity contribution in [3.63, 3.8) is 0 Å². The van der Waals surface area contributed by atoms with Gasteiger partial charge in [0.15, 0.2) is 0 Å². The number of hydrogen-bond donors (Lipinski definition) is 1. The molecule has 0 spiro atoms. The van der Waals surface area contributed by atoms with Gasteiger partial charge in [0.2, 0.25) is 5.91 Å². The molecule has 2 aliphatic heterocycles. The Bertz CT molecular complexity index is 329. The van der Waals surface area contributed by atoms with Gasteiger partial charge in [0.1, 0.15) is 0 Å². The molecule has 0 bridgehead atoms. The van der Waals surface area contributed by atoms with Gasteiger partial charge < -0.3 is 15.1 Å². The van der Waals surface area contributed by atoms with Crippen LogP contribution in [0.25, 0.3) is 0 Å². The molecule has 1 aliphatic carbocycles. The van der Waals surface area contributed by atoms with Crippen LogP contribution < -0.4 is 5.32 Å². The molecule has 0 atom stereocenters. The molecule has 3 aliphatic rings. The second kappa shape index (κ2) is 7.56. The summed E-state index contributed by atoms with van der Waals surface area (Å²) in [5.74, 6) is 0.342. The van der Waals surface area contributed by atoms with Gasteiger partial charge in [0.05, 0.1) is 0 Å². The molecule has 5 nitrogen and oxygen atoms in total. The van der Waals surface area contributed by atoms with Crippen LogP contribution in [0.4, 0.5) is 0 Å². The van der Waals surface area contributed by atoms with Gasteiger partial charge in [0, 0.05) is 71.4 Å². The minimum absolute atomic E-state index is 0.342. The number of piperazine rings is 2. The van der Waals surface area contributed by atoms with Crippen LogP contribution in [0.5, 0.6) is 0 Å². The molecule has 2 saturated heterocycles. The van der Waals surface area contributed by atoms with Crippen molar-refractivity contribution >= 4 is 5.91 Å². The van der Waals surface area contributed by atoms with Gasteiger partial charge in [-0.3, -0.25) is 9.69 Å². The van der Waals surface area contributed by atoms with E-state index in [1.807, 2.05) is 4.90 Å². The zero-order valence-electron chi connectivity index (χ0n) is 13.2. The molecule has 1 saturated carbocycles.